The van der Waals surface area contributed by atoms with E-state index in [1.807, 2.05) is 85.1 Å². The number of hydrogen-bond acceptors (Lipinski definition) is 6. The minimum absolute atomic E-state index is 0.273. The highest BCUT2D eigenvalue weighted by atomic mass is 16.5. The van der Waals surface area contributed by atoms with E-state index in [4.69, 9.17) is 23.7 Å². The minimum Gasteiger partial charge on any atom is -0.497 e. The standard InChI is InChI=1S/C33H37NO6/c1-4-37-16-17-39-28-14-15-30-29(20-28)31(25-9-7-11-27(19-25)40-22-23-12-13-23)32(33(35)38-5-2)34(30)21-24-8-6-10-26(18-24)36-3/h6-11,14-15,18-20,23H,4-5,12-13,16-17,21-22H2,1-3H3. The van der Waals surface area contributed by atoms with Gasteiger partial charge < -0.3 is 28.3 Å². The van der Waals surface area contributed by atoms with Crippen LogP contribution in [0, 0.1) is 5.92 Å². The number of rotatable bonds is 14. The zero-order valence-electron chi connectivity index (χ0n) is 23.5. The number of ether oxygens (including phenoxy) is 5. The number of fused-ring (bicyclic) bond motifs is 1. The Morgan fingerprint density at radius 3 is 2.45 bits per heavy atom. The van der Waals surface area contributed by atoms with Gasteiger partial charge in [0.05, 0.1) is 26.9 Å². The first-order valence-electron chi connectivity index (χ1n) is 14.0. The Kier molecular flexibility index (Phi) is 8.91. The van der Waals surface area contributed by atoms with Crippen LogP contribution in [0.15, 0.2) is 66.7 Å². The molecule has 7 heteroatoms. The molecule has 0 aliphatic heterocycles. The normalized spacial score (nSPS) is 12.9. The van der Waals surface area contributed by atoms with Crippen LogP contribution < -0.4 is 14.2 Å². The van der Waals surface area contributed by atoms with Gasteiger partial charge in [-0.25, -0.2) is 4.79 Å². The Morgan fingerprint density at radius 2 is 1.68 bits per heavy atom. The molecular weight excluding hydrogens is 506 g/mol. The van der Waals surface area contributed by atoms with Gasteiger partial charge in [-0.15, -0.1) is 0 Å². The van der Waals surface area contributed by atoms with Gasteiger partial charge in [-0.05, 0) is 86.2 Å². The van der Waals surface area contributed by atoms with Crippen LogP contribution in [-0.2, 0) is 16.0 Å². The van der Waals surface area contributed by atoms with Crippen molar-refractivity contribution < 1.29 is 28.5 Å². The third-order valence-electron chi connectivity index (χ3n) is 6.98. The summed E-state index contributed by atoms with van der Waals surface area (Å²) >= 11 is 0. The van der Waals surface area contributed by atoms with Gasteiger partial charge in [-0.3, -0.25) is 0 Å². The highest BCUT2D eigenvalue weighted by molar-refractivity contribution is 6.09. The second-order valence-electron chi connectivity index (χ2n) is 9.89. The second-order valence-corrected chi connectivity index (χ2v) is 9.89. The quantitative estimate of drug-likeness (QED) is 0.130. The largest absolute Gasteiger partial charge is 0.497 e. The minimum atomic E-state index is -0.375. The molecule has 210 valence electrons. The van der Waals surface area contributed by atoms with Crippen LogP contribution in [0.25, 0.3) is 22.0 Å². The molecule has 7 nitrogen and oxygen atoms in total. The van der Waals surface area contributed by atoms with Gasteiger partial charge >= 0.3 is 5.97 Å². The zero-order chi connectivity index (χ0) is 27.9. The SMILES string of the molecule is CCOCCOc1ccc2c(c1)c(-c1cccc(OCC3CC3)c1)c(C(=O)OCC)n2Cc1cccc(OC)c1. The lowest BCUT2D eigenvalue weighted by atomic mass is 10.0. The Balaban J connectivity index is 1.65. The third kappa shape index (κ3) is 6.42. The maximum atomic E-state index is 13.6. The van der Waals surface area contributed by atoms with Crippen molar-refractivity contribution in [3.05, 3.63) is 78.0 Å². The van der Waals surface area contributed by atoms with E-state index in [2.05, 4.69) is 0 Å². The fraction of sp³-hybridized carbons (Fsp3) is 0.364. The average molecular weight is 544 g/mol. The Bertz CT molecular complexity index is 1450. The number of carbonyl (C=O) groups excluding carboxylic acids is 1. The molecule has 1 heterocycles. The smallest absolute Gasteiger partial charge is 0.355 e. The molecule has 3 aromatic carbocycles. The first-order valence-corrected chi connectivity index (χ1v) is 14.0. The number of aromatic nitrogens is 1. The number of methoxy groups -OCH3 is 1. The Hall–Kier alpha value is -3.97. The molecule has 1 aromatic heterocycles. The van der Waals surface area contributed by atoms with Crippen LogP contribution in [-0.4, -0.2) is 50.7 Å². The molecule has 0 spiro atoms. The van der Waals surface area contributed by atoms with Crippen LogP contribution in [0.3, 0.4) is 0 Å². The summed E-state index contributed by atoms with van der Waals surface area (Å²) in [7, 11) is 1.65. The van der Waals surface area contributed by atoms with E-state index in [-0.39, 0.29) is 12.6 Å². The summed E-state index contributed by atoms with van der Waals surface area (Å²) in [6, 6.07) is 21.8. The number of carbonyl (C=O) groups is 1. The van der Waals surface area contributed by atoms with Crippen molar-refractivity contribution in [1.29, 1.82) is 0 Å². The number of nitrogens with zero attached hydrogens (tertiary/aromatic N) is 1. The fourth-order valence-corrected chi connectivity index (χ4v) is 4.85. The van der Waals surface area contributed by atoms with Gasteiger partial charge in [0.25, 0.3) is 0 Å². The van der Waals surface area contributed by atoms with Crippen molar-refractivity contribution in [2.45, 2.75) is 33.2 Å². The molecule has 1 aliphatic carbocycles. The molecule has 0 saturated heterocycles. The molecule has 0 bridgehead atoms. The average Bonchev–Trinajstić information content (AvgIpc) is 3.76. The molecule has 40 heavy (non-hydrogen) atoms. The Labute approximate surface area is 235 Å². The molecule has 4 aromatic rings. The lowest BCUT2D eigenvalue weighted by molar-refractivity contribution is 0.0516. The van der Waals surface area contributed by atoms with E-state index in [9.17, 15) is 4.79 Å². The zero-order valence-corrected chi connectivity index (χ0v) is 23.5. The predicted octanol–water partition coefficient (Wildman–Crippen LogP) is 6.75. The highest BCUT2D eigenvalue weighted by Crippen LogP contribution is 2.39. The molecule has 1 saturated carbocycles. The maximum absolute atomic E-state index is 13.6. The molecular formula is C33H37NO6. The topological polar surface area (TPSA) is 68.2 Å². The summed E-state index contributed by atoms with van der Waals surface area (Å²) in [4.78, 5) is 13.6. The van der Waals surface area contributed by atoms with E-state index < -0.39 is 0 Å². The van der Waals surface area contributed by atoms with Gasteiger partial charge in [-0.1, -0.05) is 24.3 Å². The molecule has 0 radical (unpaired) electrons. The third-order valence-corrected chi connectivity index (χ3v) is 6.98. The van der Waals surface area contributed by atoms with Crippen LogP contribution in [0.1, 0.15) is 42.7 Å². The van der Waals surface area contributed by atoms with E-state index >= 15 is 0 Å². The first-order chi connectivity index (χ1) is 19.6. The number of esters is 1. The van der Waals surface area contributed by atoms with Gasteiger partial charge in [0.1, 0.15) is 29.5 Å². The summed E-state index contributed by atoms with van der Waals surface area (Å²) in [5.41, 5.74) is 4.08. The van der Waals surface area contributed by atoms with Crippen molar-refractivity contribution in [3.63, 3.8) is 0 Å². The summed E-state index contributed by atoms with van der Waals surface area (Å²) in [5, 5.41) is 0.902. The lowest BCUT2D eigenvalue weighted by Gasteiger charge is -2.13. The summed E-state index contributed by atoms with van der Waals surface area (Å²) in [5.74, 6) is 2.53. The summed E-state index contributed by atoms with van der Waals surface area (Å²) in [6.07, 6.45) is 2.44. The van der Waals surface area contributed by atoms with Gasteiger partial charge in [0, 0.05) is 29.6 Å². The summed E-state index contributed by atoms with van der Waals surface area (Å²) < 4.78 is 30.7. The molecule has 0 unspecified atom stereocenters. The van der Waals surface area contributed by atoms with E-state index in [1.165, 1.54) is 12.8 Å². The molecule has 1 fully saturated rings. The van der Waals surface area contributed by atoms with Crippen molar-refractivity contribution in [3.8, 4) is 28.4 Å². The monoisotopic (exact) mass is 543 g/mol. The predicted molar refractivity (Wildman–Crippen MR) is 156 cm³/mol. The van der Waals surface area contributed by atoms with Crippen molar-refractivity contribution >= 4 is 16.9 Å². The summed E-state index contributed by atoms with van der Waals surface area (Å²) in [6.45, 7) is 6.82. The van der Waals surface area contributed by atoms with Crippen LogP contribution in [0.5, 0.6) is 17.2 Å². The van der Waals surface area contributed by atoms with E-state index in [0.717, 1.165) is 39.1 Å². The van der Waals surface area contributed by atoms with Crippen molar-refractivity contribution in [1.82, 2.24) is 4.57 Å². The first kappa shape index (κ1) is 27.6. The van der Waals surface area contributed by atoms with E-state index in [1.54, 1.807) is 7.11 Å². The number of hydrogen-bond donors (Lipinski definition) is 0. The molecule has 1 aliphatic rings. The van der Waals surface area contributed by atoms with Gasteiger partial charge in [0.15, 0.2) is 0 Å². The molecule has 5 rings (SSSR count). The fourth-order valence-electron chi connectivity index (χ4n) is 4.85. The van der Waals surface area contributed by atoms with Gasteiger partial charge in [0.2, 0.25) is 0 Å². The molecule has 0 atom stereocenters. The molecule has 0 amide bonds. The second kappa shape index (κ2) is 12.9. The highest BCUT2D eigenvalue weighted by Gasteiger charge is 2.26. The maximum Gasteiger partial charge on any atom is 0.355 e. The Morgan fingerprint density at radius 1 is 0.875 bits per heavy atom. The van der Waals surface area contributed by atoms with E-state index in [0.29, 0.717) is 50.3 Å². The molecule has 0 N–H and O–H groups in total. The van der Waals surface area contributed by atoms with Crippen LogP contribution >= 0.6 is 0 Å². The van der Waals surface area contributed by atoms with Crippen LogP contribution in [0.2, 0.25) is 0 Å². The van der Waals surface area contributed by atoms with Crippen molar-refractivity contribution in [2.75, 3.05) is 40.1 Å². The van der Waals surface area contributed by atoms with Crippen LogP contribution in [0.4, 0.5) is 0 Å². The lowest BCUT2D eigenvalue weighted by Crippen LogP contribution is -2.14. The number of benzene rings is 3. The van der Waals surface area contributed by atoms with Gasteiger partial charge in [-0.2, -0.15) is 0 Å². The van der Waals surface area contributed by atoms with Crippen molar-refractivity contribution in [2.24, 2.45) is 5.92 Å².